The second-order valence-electron chi connectivity index (χ2n) is 4.24. The van der Waals surface area contributed by atoms with Crippen LogP contribution in [0.4, 0.5) is 22.0 Å². The Balaban J connectivity index is 2.49. The first-order chi connectivity index (χ1) is 10.7. The maximum atomic E-state index is 12.7. The van der Waals surface area contributed by atoms with Crippen LogP contribution in [0.2, 0.25) is 0 Å². The van der Waals surface area contributed by atoms with Gasteiger partial charge in [0.15, 0.2) is 11.5 Å². The molecule has 0 aliphatic rings. The molecule has 0 saturated heterocycles. The highest BCUT2D eigenvalue weighted by atomic mass is 19.4. The average molecular weight is 336 g/mol. The van der Waals surface area contributed by atoms with Crippen molar-refractivity contribution in [2.45, 2.75) is 12.8 Å². The van der Waals surface area contributed by atoms with E-state index in [0.29, 0.717) is 6.07 Å². The molecule has 0 fully saturated rings. The summed E-state index contributed by atoms with van der Waals surface area (Å²) in [6, 6.07) is 4.03. The first-order valence-corrected chi connectivity index (χ1v) is 6.02. The Kier molecular flexibility index (Phi) is 4.52. The Hall–Kier alpha value is -2.65. The van der Waals surface area contributed by atoms with Crippen molar-refractivity contribution < 1.29 is 31.4 Å². The summed E-state index contributed by atoms with van der Waals surface area (Å²) in [6.07, 6.45) is -4.85. The average Bonchev–Trinajstić information content (AvgIpc) is 2.46. The minimum absolute atomic E-state index is 0.116. The summed E-state index contributed by atoms with van der Waals surface area (Å²) in [6.45, 7) is -3.09. The number of hydrogen-bond donors (Lipinski definition) is 1. The van der Waals surface area contributed by atoms with E-state index in [-0.39, 0.29) is 22.8 Å². The number of nitrogens with zero attached hydrogens (tertiary/aromatic N) is 1. The molecule has 2 rings (SSSR count). The van der Waals surface area contributed by atoms with Crippen LogP contribution >= 0.6 is 0 Å². The van der Waals surface area contributed by atoms with Gasteiger partial charge >= 0.3 is 12.8 Å². The van der Waals surface area contributed by atoms with Gasteiger partial charge in [0, 0.05) is 5.56 Å². The van der Waals surface area contributed by atoms with Gasteiger partial charge in [-0.25, -0.2) is 5.10 Å². The molecule has 0 spiro atoms. The molecule has 0 aliphatic carbocycles. The lowest BCUT2D eigenvalue weighted by Gasteiger charge is -2.12. The molecule has 0 amide bonds. The number of rotatable bonds is 4. The van der Waals surface area contributed by atoms with Crippen LogP contribution in [-0.2, 0) is 6.18 Å². The molecule has 5 nitrogen and oxygen atoms in total. The Morgan fingerprint density at radius 2 is 1.87 bits per heavy atom. The van der Waals surface area contributed by atoms with Crippen molar-refractivity contribution in [2.75, 3.05) is 7.11 Å². The number of ether oxygens (including phenoxy) is 2. The predicted molar refractivity (Wildman–Crippen MR) is 68.5 cm³/mol. The number of methoxy groups -OCH3 is 1. The zero-order valence-electron chi connectivity index (χ0n) is 11.4. The van der Waals surface area contributed by atoms with E-state index < -0.39 is 23.9 Å². The van der Waals surface area contributed by atoms with Crippen LogP contribution in [0, 0.1) is 0 Å². The standard InChI is InChI=1S/C13H9F5N2O3/c1-22-10-4-6(2-3-9(10)23-12(14)15)8-5-7(13(16,17)18)11(21)20-19-8/h2-5,12H,1H3,(H,20,21). The minimum atomic E-state index is -4.85. The van der Waals surface area contributed by atoms with Gasteiger partial charge in [-0.05, 0) is 24.3 Å². The van der Waals surface area contributed by atoms with Crippen molar-refractivity contribution in [2.24, 2.45) is 0 Å². The molecule has 1 aromatic carbocycles. The van der Waals surface area contributed by atoms with Gasteiger partial charge in [0.1, 0.15) is 5.56 Å². The van der Waals surface area contributed by atoms with Gasteiger partial charge in [0.2, 0.25) is 0 Å². The second kappa shape index (κ2) is 6.23. The van der Waals surface area contributed by atoms with E-state index in [4.69, 9.17) is 4.74 Å². The lowest BCUT2D eigenvalue weighted by molar-refractivity contribution is -0.138. The van der Waals surface area contributed by atoms with Gasteiger partial charge < -0.3 is 9.47 Å². The van der Waals surface area contributed by atoms with Gasteiger partial charge in [0.05, 0.1) is 12.8 Å². The van der Waals surface area contributed by atoms with Crippen molar-refractivity contribution in [1.29, 1.82) is 0 Å². The van der Waals surface area contributed by atoms with E-state index in [1.807, 2.05) is 0 Å². The molecule has 23 heavy (non-hydrogen) atoms. The molecular weight excluding hydrogens is 327 g/mol. The quantitative estimate of drug-likeness (QED) is 0.872. The van der Waals surface area contributed by atoms with E-state index in [9.17, 15) is 26.7 Å². The molecule has 1 N–H and O–H groups in total. The van der Waals surface area contributed by atoms with Gasteiger partial charge in [-0.15, -0.1) is 0 Å². The molecule has 1 aromatic heterocycles. The highest BCUT2D eigenvalue weighted by molar-refractivity contribution is 5.64. The van der Waals surface area contributed by atoms with E-state index in [1.165, 1.54) is 19.2 Å². The smallest absolute Gasteiger partial charge is 0.421 e. The summed E-state index contributed by atoms with van der Waals surface area (Å²) in [4.78, 5) is 11.2. The largest absolute Gasteiger partial charge is 0.493 e. The number of benzene rings is 1. The normalized spacial score (nSPS) is 11.6. The van der Waals surface area contributed by atoms with Crippen molar-refractivity contribution in [3.8, 4) is 22.8 Å². The first-order valence-electron chi connectivity index (χ1n) is 6.02. The van der Waals surface area contributed by atoms with Crippen LogP contribution in [0.15, 0.2) is 29.1 Å². The summed E-state index contributed by atoms with van der Waals surface area (Å²) in [7, 11) is 1.18. The second-order valence-corrected chi connectivity index (χ2v) is 4.24. The van der Waals surface area contributed by atoms with Gasteiger partial charge in [-0.1, -0.05) is 0 Å². The predicted octanol–water partition coefficient (Wildman–Crippen LogP) is 3.07. The molecule has 0 atom stereocenters. The Bertz CT molecular complexity index is 758. The van der Waals surface area contributed by atoms with Crippen LogP contribution < -0.4 is 15.0 Å². The maximum absolute atomic E-state index is 12.7. The van der Waals surface area contributed by atoms with Crippen LogP contribution in [0.1, 0.15) is 5.56 Å². The fraction of sp³-hybridized carbons (Fsp3) is 0.231. The van der Waals surface area contributed by atoms with Crippen molar-refractivity contribution in [3.63, 3.8) is 0 Å². The molecule has 0 radical (unpaired) electrons. The zero-order chi connectivity index (χ0) is 17.2. The zero-order valence-corrected chi connectivity index (χ0v) is 11.4. The van der Waals surface area contributed by atoms with Gasteiger partial charge in [0.25, 0.3) is 5.56 Å². The highest BCUT2D eigenvalue weighted by Crippen LogP contribution is 2.34. The van der Waals surface area contributed by atoms with Crippen LogP contribution in [0.5, 0.6) is 11.5 Å². The number of halogens is 5. The molecule has 124 valence electrons. The Morgan fingerprint density at radius 1 is 1.17 bits per heavy atom. The molecule has 1 heterocycles. The number of aromatic amines is 1. The third-order valence-corrected chi connectivity index (χ3v) is 2.78. The van der Waals surface area contributed by atoms with E-state index in [0.717, 1.165) is 6.07 Å². The highest BCUT2D eigenvalue weighted by Gasteiger charge is 2.34. The summed E-state index contributed by atoms with van der Waals surface area (Å²) in [5.41, 5.74) is -2.90. The van der Waals surface area contributed by atoms with Crippen LogP contribution in [-0.4, -0.2) is 23.9 Å². The number of aromatic nitrogens is 2. The van der Waals surface area contributed by atoms with Crippen LogP contribution in [0.3, 0.4) is 0 Å². The van der Waals surface area contributed by atoms with Gasteiger partial charge in [-0.3, -0.25) is 4.79 Å². The topological polar surface area (TPSA) is 64.2 Å². The Morgan fingerprint density at radius 3 is 2.43 bits per heavy atom. The number of H-pyrrole nitrogens is 1. The van der Waals surface area contributed by atoms with Crippen molar-refractivity contribution >= 4 is 0 Å². The third-order valence-electron chi connectivity index (χ3n) is 2.78. The summed E-state index contributed by atoms with van der Waals surface area (Å²) in [5.74, 6) is -0.406. The lowest BCUT2D eigenvalue weighted by atomic mass is 10.1. The first kappa shape index (κ1) is 16.7. The number of hydrogen-bond acceptors (Lipinski definition) is 4. The Labute approximate surface area is 125 Å². The molecule has 2 aromatic rings. The maximum Gasteiger partial charge on any atom is 0.421 e. The van der Waals surface area contributed by atoms with Crippen LogP contribution in [0.25, 0.3) is 11.3 Å². The summed E-state index contributed by atoms with van der Waals surface area (Å²) in [5, 5.41) is 5.25. The monoisotopic (exact) mass is 336 g/mol. The van der Waals surface area contributed by atoms with E-state index >= 15 is 0 Å². The van der Waals surface area contributed by atoms with E-state index in [2.05, 4.69) is 9.84 Å². The molecule has 10 heteroatoms. The molecule has 0 aliphatic heterocycles. The molecular formula is C13H9F5N2O3. The van der Waals surface area contributed by atoms with Gasteiger partial charge in [-0.2, -0.15) is 27.1 Å². The fourth-order valence-corrected chi connectivity index (χ4v) is 1.78. The number of alkyl halides is 5. The fourth-order valence-electron chi connectivity index (χ4n) is 1.78. The van der Waals surface area contributed by atoms with Crippen molar-refractivity contribution in [1.82, 2.24) is 10.2 Å². The third kappa shape index (κ3) is 3.76. The molecule has 0 bridgehead atoms. The molecule has 0 saturated carbocycles. The minimum Gasteiger partial charge on any atom is -0.493 e. The summed E-state index contributed by atoms with van der Waals surface area (Å²) < 4.78 is 71.7. The summed E-state index contributed by atoms with van der Waals surface area (Å²) >= 11 is 0. The van der Waals surface area contributed by atoms with Crippen molar-refractivity contribution in [3.05, 3.63) is 40.2 Å². The lowest BCUT2D eigenvalue weighted by Crippen LogP contribution is -2.22. The number of nitrogens with one attached hydrogen (secondary N) is 1. The van der Waals surface area contributed by atoms with E-state index in [1.54, 1.807) is 5.10 Å². The molecule has 0 unspecified atom stereocenters. The SMILES string of the molecule is COc1cc(-c2cc(C(F)(F)F)c(=O)[nH]n2)ccc1OC(F)F.